The fourth-order valence-electron chi connectivity index (χ4n) is 2.92. The molecular weight excluding hydrogens is 300 g/mol. The van der Waals surface area contributed by atoms with Crippen LogP contribution in [0.2, 0.25) is 0 Å². The van der Waals surface area contributed by atoms with E-state index in [4.69, 9.17) is 4.74 Å². The van der Waals surface area contributed by atoms with Crippen LogP contribution in [-0.2, 0) is 10.0 Å². The molecule has 0 spiro atoms. The van der Waals surface area contributed by atoms with Crippen molar-refractivity contribution in [3.63, 3.8) is 0 Å². The number of likely N-dealkylation sites (tertiary alicyclic amines) is 1. The molecule has 124 valence electrons. The van der Waals surface area contributed by atoms with E-state index in [1.54, 1.807) is 17.0 Å². The standard InChI is InChI=1S/C16H26N2O3S/c1-14-7-8-15(21-2)16(13-14)22(19,20)17-9-6-12-18-10-4-3-5-11-18/h7-8,13,17H,3-6,9-12H2,1-2H3/p+1. The largest absolute Gasteiger partial charge is 0.495 e. The van der Waals surface area contributed by atoms with Gasteiger partial charge in [0.15, 0.2) is 0 Å². The number of benzene rings is 1. The number of piperidine rings is 1. The summed E-state index contributed by atoms with van der Waals surface area (Å²) in [6, 6.07) is 5.19. The van der Waals surface area contributed by atoms with Crippen LogP contribution in [0.25, 0.3) is 0 Å². The third-order valence-corrected chi connectivity index (χ3v) is 5.65. The second-order valence-electron chi connectivity index (χ2n) is 5.97. The Morgan fingerprint density at radius 1 is 1.23 bits per heavy atom. The van der Waals surface area contributed by atoms with Gasteiger partial charge in [0, 0.05) is 13.0 Å². The van der Waals surface area contributed by atoms with Crippen LogP contribution in [0.15, 0.2) is 23.1 Å². The Morgan fingerprint density at radius 2 is 1.95 bits per heavy atom. The summed E-state index contributed by atoms with van der Waals surface area (Å²) in [7, 11) is -2.02. The SMILES string of the molecule is COc1ccc(C)cc1S(=O)(=O)NCCC[NH+]1CCCCC1. The lowest BCUT2D eigenvalue weighted by Crippen LogP contribution is -3.12. The minimum Gasteiger partial charge on any atom is -0.495 e. The van der Waals surface area contributed by atoms with Crippen molar-refractivity contribution in [2.75, 3.05) is 33.3 Å². The van der Waals surface area contributed by atoms with E-state index in [9.17, 15) is 8.42 Å². The minimum absolute atomic E-state index is 0.223. The Morgan fingerprint density at radius 3 is 2.64 bits per heavy atom. The molecule has 1 heterocycles. The van der Waals surface area contributed by atoms with Gasteiger partial charge in [-0.3, -0.25) is 0 Å². The number of hydrogen-bond donors (Lipinski definition) is 2. The summed E-state index contributed by atoms with van der Waals surface area (Å²) in [4.78, 5) is 1.82. The van der Waals surface area contributed by atoms with Crippen molar-refractivity contribution in [2.45, 2.75) is 37.5 Å². The molecule has 0 saturated carbocycles. The van der Waals surface area contributed by atoms with E-state index in [1.165, 1.54) is 39.5 Å². The van der Waals surface area contributed by atoms with Crippen molar-refractivity contribution in [2.24, 2.45) is 0 Å². The molecule has 0 aromatic heterocycles. The van der Waals surface area contributed by atoms with E-state index in [2.05, 4.69) is 4.72 Å². The molecule has 0 atom stereocenters. The molecule has 0 amide bonds. The third kappa shape index (κ3) is 4.69. The van der Waals surface area contributed by atoms with Gasteiger partial charge in [-0.25, -0.2) is 13.1 Å². The average Bonchev–Trinajstić information content (AvgIpc) is 2.52. The summed E-state index contributed by atoms with van der Waals surface area (Å²) in [5.41, 5.74) is 0.902. The molecule has 0 radical (unpaired) electrons. The highest BCUT2D eigenvalue weighted by molar-refractivity contribution is 7.89. The molecule has 0 bridgehead atoms. The maximum Gasteiger partial charge on any atom is 0.244 e. The molecule has 0 unspecified atom stereocenters. The molecule has 0 aliphatic carbocycles. The first kappa shape index (κ1) is 17.2. The average molecular weight is 327 g/mol. The molecule has 22 heavy (non-hydrogen) atoms. The quantitative estimate of drug-likeness (QED) is 0.726. The van der Waals surface area contributed by atoms with Crippen LogP contribution in [0.5, 0.6) is 5.75 Å². The molecule has 5 nitrogen and oxygen atoms in total. The van der Waals surface area contributed by atoms with Crippen LogP contribution in [0, 0.1) is 6.92 Å². The van der Waals surface area contributed by atoms with Crippen LogP contribution in [0.4, 0.5) is 0 Å². The summed E-state index contributed by atoms with van der Waals surface area (Å²) in [6.07, 6.45) is 4.79. The van der Waals surface area contributed by atoms with E-state index >= 15 is 0 Å². The van der Waals surface area contributed by atoms with Crippen molar-refractivity contribution in [1.82, 2.24) is 4.72 Å². The second-order valence-corrected chi connectivity index (χ2v) is 7.70. The predicted molar refractivity (Wildman–Crippen MR) is 87.0 cm³/mol. The topological polar surface area (TPSA) is 59.8 Å². The van der Waals surface area contributed by atoms with Gasteiger partial charge in [-0.15, -0.1) is 0 Å². The number of nitrogens with one attached hydrogen (secondary N) is 2. The smallest absolute Gasteiger partial charge is 0.244 e. The van der Waals surface area contributed by atoms with Crippen molar-refractivity contribution in [3.05, 3.63) is 23.8 Å². The molecule has 1 aromatic carbocycles. The van der Waals surface area contributed by atoms with Crippen LogP contribution >= 0.6 is 0 Å². The Labute approximate surface area is 133 Å². The Kier molecular flexibility index (Phi) is 6.23. The molecular formula is C16H27N2O3S+. The van der Waals surface area contributed by atoms with E-state index in [-0.39, 0.29) is 4.90 Å². The first-order chi connectivity index (χ1) is 10.5. The minimum atomic E-state index is -3.51. The van der Waals surface area contributed by atoms with E-state index in [0.29, 0.717) is 12.3 Å². The van der Waals surface area contributed by atoms with Crippen molar-refractivity contribution < 1.29 is 18.1 Å². The van der Waals surface area contributed by atoms with E-state index < -0.39 is 10.0 Å². The number of hydrogen-bond acceptors (Lipinski definition) is 3. The summed E-state index contributed by atoms with van der Waals surface area (Å²) >= 11 is 0. The zero-order valence-electron chi connectivity index (χ0n) is 13.5. The normalized spacial score (nSPS) is 16.6. The number of sulfonamides is 1. The zero-order chi connectivity index (χ0) is 16.0. The highest BCUT2D eigenvalue weighted by Gasteiger charge is 2.19. The van der Waals surface area contributed by atoms with Gasteiger partial charge >= 0.3 is 0 Å². The lowest BCUT2D eigenvalue weighted by Gasteiger charge is -2.23. The van der Waals surface area contributed by atoms with Crippen molar-refractivity contribution in [1.29, 1.82) is 0 Å². The van der Waals surface area contributed by atoms with Gasteiger partial charge < -0.3 is 9.64 Å². The van der Waals surface area contributed by atoms with Gasteiger partial charge in [0.2, 0.25) is 10.0 Å². The van der Waals surface area contributed by atoms with Gasteiger partial charge in [0.25, 0.3) is 0 Å². The Hall–Kier alpha value is -1.11. The van der Waals surface area contributed by atoms with Crippen LogP contribution < -0.4 is 14.4 Å². The van der Waals surface area contributed by atoms with Crippen LogP contribution in [0.3, 0.4) is 0 Å². The maximum atomic E-state index is 12.4. The van der Waals surface area contributed by atoms with Crippen LogP contribution in [0.1, 0.15) is 31.2 Å². The molecule has 6 heteroatoms. The second kappa shape index (κ2) is 7.94. The van der Waals surface area contributed by atoms with Crippen LogP contribution in [-0.4, -0.2) is 41.7 Å². The molecule has 2 N–H and O–H groups in total. The fraction of sp³-hybridized carbons (Fsp3) is 0.625. The number of quaternary nitrogens is 1. The number of aryl methyl sites for hydroxylation is 1. The first-order valence-electron chi connectivity index (χ1n) is 8.01. The number of ether oxygens (including phenoxy) is 1. The first-order valence-corrected chi connectivity index (χ1v) is 9.49. The lowest BCUT2D eigenvalue weighted by atomic mass is 10.1. The van der Waals surface area contributed by atoms with E-state index in [0.717, 1.165) is 18.5 Å². The highest BCUT2D eigenvalue weighted by Crippen LogP contribution is 2.24. The van der Waals surface area contributed by atoms with Gasteiger partial charge in [0.05, 0.1) is 26.7 Å². The third-order valence-electron chi connectivity index (χ3n) is 4.17. The van der Waals surface area contributed by atoms with Gasteiger partial charge in [0.1, 0.15) is 10.6 Å². The molecule has 1 aliphatic rings. The fourth-order valence-corrected chi connectivity index (χ4v) is 4.24. The van der Waals surface area contributed by atoms with Gasteiger partial charge in [-0.2, -0.15) is 0 Å². The van der Waals surface area contributed by atoms with E-state index in [1.807, 2.05) is 13.0 Å². The highest BCUT2D eigenvalue weighted by atomic mass is 32.2. The summed E-state index contributed by atoms with van der Waals surface area (Å²) in [5.74, 6) is 0.389. The number of methoxy groups -OCH3 is 1. The summed E-state index contributed by atoms with van der Waals surface area (Å²) in [6.45, 7) is 5.82. The molecule has 1 aromatic rings. The lowest BCUT2D eigenvalue weighted by molar-refractivity contribution is -0.904. The summed E-state index contributed by atoms with van der Waals surface area (Å²) in [5, 5.41) is 0. The molecule has 1 saturated heterocycles. The summed E-state index contributed by atoms with van der Waals surface area (Å²) < 4.78 is 32.7. The van der Waals surface area contributed by atoms with Gasteiger partial charge in [-0.1, -0.05) is 6.07 Å². The van der Waals surface area contributed by atoms with Gasteiger partial charge in [-0.05, 0) is 43.9 Å². The molecule has 2 rings (SSSR count). The predicted octanol–water partition coefficient (Wildman–Crippen LogP) is 0.741. The monoisotopic (exact) mass is 327 g/mol. The van der Waals surface area contributed by atoms with Crippen molar-refractivity contribution in [3.8, 4) is 5.75 Å². The number of rotatable bonds is 7. The molecule has 1 aliphatic heterocycles. The molecule has 1 fully saturated rings. The van der Waals surface area contributed by atoms with Crippen molar-refractivity contribution >= 4 is 10.0 Å². The zero-order valence-corrected chi connectivity index (χ0v) is 14.3. The maximum absolute atomic E-state index is 12.4. The Bertz CT molecular complexity index is 581. The Balaban J connectivity index is 1.89.